The average molecular weight is 138 g/mol. The highest BCUT2D eigenvalue weighted by Crippen LogP contribution is 1.59. The van der Waals surface area contributed by atoms with Gasteiger partial charge >= 0.3 is 5.97 Å². The van der Waals surface area contributed by atoms with Crippen LogP contribution in [0.5, 0.6) is 0 Å². The van der Waals surface area contributed by atoms with Gasteiger partial charge in [-0.15, -0.1) is 0 Å². The Morgan fingerprint density at radius 1 is 1.44 bits per heavy atom. The molecule has 0 aromatic heterocycles. The molecule has 0 atom stereocenters. The maximum absolute atomic E-state index is 9.34. The lowest BCUT2D eigenvalue weighted by atomic mass is 10.8. The Morgan fingerprint density at radius 2 is 1.67 bits per heavy atom. The fourth-order valence-corrected chi connectivity index (χ4v) is 0. The lowest BCUT2D eigenvalue weighted by molar-refractivity contribution is -0.231. The molecule has 0 amide bonds. The summed E-state index contributed by atoms with van der Waals surface area (Å²) in [7, 11) is 0. The van der Waals surface area contributed by atoms with E-state index in [4.69, 9.17) is 15.5 Å². The molecular weight excluding hydrogens is 128 g/mol. The van der Waals surface area contributed by atoms with Crippen LogP contribution in [-0.2, 0) is 9.68 Å². The van der Waals surface area contributed by atoms with Crippen LogP contribution in [0, 0.1) is 0 Å². The number of carbonyl (C=O) groups is 1. The van der Waals surface area contributed by atoms with Crippen molar-refractivity contribution in [2.45, 2.75) is 6.92 Å². The van der Waals surface area contributed by atoms with E-state index in [0.717, 1.165) is 6.92 Å². The van der Waals surface area contributed by atoms with Crippen molar-refractivity contribution in [3.05, 3.63) is 0 Å². The number of hydrogen-bond donors (Lipinski definition) is 3. The van der Waals surface area contributed by atoms with Gasteiger partial charge in [0.15, 0.2) is 0 Å². The lowest BCUT2D eigenvalue weighted by Crippen LogP contribution is -1.89. The highest BCUT2D eigenvalue weighted by molar-refractivity contribution is 5.64. The van der Waals surface area contributed by atoms with E-state index >= 15 is 0 Å². The number of carbonyl (C=O) groups excluding carboxylic acids is 1. The molecule has 0 rings (SSSR count). The van der Waals surface area contributed by atoms with E-state index in [0.29, 0.717) is 0 Å². The molecule has 0 aromatic carbocycles. The lowest BCUT2D eigenvalue weighted by Gasteiger charge is -1.76. The van der Waals surface area contributed by atoms with Crippen LogP contribution in [0.15, 0.2) is 0 Å². The van der Waals surface area contributed by atoms with Crippen molar-refractivity contribution in [3.63, 3.8) is 0 Å². The first-order valence-corrected chi connectivity index (χ1v) is 2.22. The van der Waals surface area contributed by atoms with Crippen molar-refractivity contribution < 1.29 is 25.2 Å². The molecule has 0 saturated heterocycles. The molecule has 0 aliphatic rings. The summed E-state index contributed by atoms with van der Waals surface area (Å²) in [5.41, 5.74) is 0. The highest BCUT2D eigenvalue weighted by Gasteiger charge is 1.79. The summed E-state index contributed by atoms with van der Waals surface area (Å²) in [6, 6.07) is 0. The molecule has 0 heterocycles. The standard InChI is InChI=1S/C2H4O3.C2H6O2/c1-2(3)5-4;3-1-2-4/h4H,1H3;3-4H,1-2H2. The summed E-state index contributed by atoms with van der Waals surface area (Å²) in [5, 5.41) is 22.5. The average Bonchev–Trinajstić information content (AvgIpc) is 1.89. The third kappa shape index (κ3) is 38.1. The molecule has 3 N–H and O–H groups in total. The van der Waals surface area contributed by atoms with E-state index < -0.39 is 5.97 Å². The van der Waals surface area contributed by atoms with Crippen molar-refractivity contribution in [2.24, 2.45) is 0 Å². The quantitative estimate of drug-likeness (QED) is 0.319. The van der Waals surface area contributed by atoms with Crippen LogP contribution in [0.4, 0.5) is 0 Å². The van der Waals surface area contributed by atoms with E-state index in [1.165, 1.54) is 0 Å². The molecule has 0 fully saturated rings. The molecule has 0 unspecified atom stereocenters. The third-order valence-electron chi connectivity index (χ3n) is 0.229. The molecular formula is C4H10O5. The van der Waals surface area contributed by atoms with Crippen molar-refractivity contribution in [3.8, 4) is 0 Å². The Labute approximate surface area is 52.4 Å². The molecule has 5 heteroatoms. The summed E-state index contributed by atoms with van der Waals surface area (Å²) in [6.45, 7) is 0.861. The Morgan fingerprint density at radius 3 is 1.67 bits per heavy atom. The van der Waals surface area contributed by atoms with Crippen LogP contribution >= 0.6 is 0 Å². The van der Waals surface area contributed by atoms with Gasteiger partial charge in [0, 0.05) is 6.92 Å². The second-order valence-electron chi connectivity index (χ2n) is 1.03. The van der Waals surface area contributed by atoms with Crippen LogP contribution in [0.1, 0.15) is 6.92 Å². The second-order valence-corrected chi connectivity index (χ2v) is 1.03. The zero-order chi connectivity index (χ0) is 7.70. The first-order chi connectivity index (χ1) is 4.18. The summed E-state index contributed by atoms with van der Waals surface area (Å²) >= 11 is 0. The van der Waals surface area contributed by atoms with Crippen LogP contribution in [0.3, 0.4) is 0 Å². The maximum atomic E-state index is 9.34. The molecule has 5 nitrogen and oxygen atoms in total. The van der Waals surface area contributed by atoms with Gasteiger partial charge in [-0.05, 0) is 0 Å². The molecule has 0 spiro atoms. The zero-order valence-corrected chi connectivity index (χ0v) is 5.07. The van der Waals surface area contributed by atoms with Gasteiger partial charge in [0.05, 0.1) is 13.2 Å². The molecule has 56 valence electrons. The molecule has 0 bridgehead atoms. The SMILES string of the molecule is CC(=O)OO.OCCO. The van der Waals surface area contributed by atoms with Crippen LogP contribution < -0.4 is 0 Å². The van der Waals surface area contributed by atoms with Crippen molar-refractivity contribution in [1.29, 1.82) is 0 Å². The number of aliphatic hydroxyl groups is 2. The van der Waals surface area contributed by atoms with Gasteiger partial charge in [-0.25, -0.2) is 4.79 Å². The first-order valence-electron chi connectivity index (χ1n) is 2.22. The maximum Gasteiger partial charge on any atom is 0.339 e. The second kappa shape index (κ2) is 10.4. The van der Waals surface area contributed by atoms with Gasteiger partial charge in [-0.3, -0.25) is 0 Å². The normalized spacial score (nSPS) is 7.11. The fraction of sp³-hybridized carbons (Fsp3) is 0.750. The monoisotopic (exact) mass is 138 g/mol. The largest absolute Gasteiger partial charge is 0.394 e. The van der Waals surface area contributed by atoms with E-state index in [1.807, 2.05) is 0 Å². The Kier molecular flexibility index (Phi) is 12.9. The Bertz CT molecular complexity index is 60.0. The van der Waals surface area contributed by atoms with Gasteiger partial charge in [-0.1, -0.05) is 0 Å². The van der Waals surface area contributed by atoms with Gasteiger partial charge in [0.2, 0.25) is 0 Å². The summed E-state index contributed by atoms with van der Waals surface area (Å²) in [4.78, 5) is 12.5. The molecule has 9 heavy (non-hydrogen) atoms. The summed E-state index contributed by atoms with van der Waals surface area (Å²) in [5.74, 6) is -0.690. The number of hydrogen-bond acceptors (Lipinski definition) is 5. The predicted octanol–water partition coefficient (Wildman–Crippen LogP) is -1.01. The number of rotatable bonds is 1. The van der Waals surface area contributed by atoms with Gasteiger partial charge in [-0.2, -0.15) is 5.26 Å². The Hall–Kier alpha value is -0.650. The van der Waals surface area contributed by atoms with Gasteiger partial charge < -0.3 is 15.1 Å². The van der Waals surface area contributed by atoms with Crippen LogP contribution in [0.2, 0.25) is 0 Å². The fourth-order valence-electron chi connectivity index (χ4n) is 0. The zero-order valence-electron chi connectivity index (χ0n) is 5.07. The minimum absolute atomic E-state index is 0.125. The van der Waals surface area contributed by atoms with Gasteiger partial charge in [0.25, 0.3) is 0 Å². The first kappa shape index (κ1) is 11.2. The van der Waals surface area contributed by atoms with E-state index in [2.05, 4.69) is 4.89 Å². The smallest absolute Gasteiger partial charge is 0.339 e. The minimum Gasteiger partial charge on any atom is -0.394 e. The molecule has 0 aliphatic carbocycles. The summed E-state index contributed by atoms with van der Waals surface area (Å²) in [6.07, 6.45) is 0. The van der Waals surface area contributed by atoms with Gasteiger partial charge in [0.1, 0.15) is 0 Å². The Balaban J connectivity index is 0. The molecule has 0 saturated carbocycles. The van der Waals surface area contributed by atoms with Crippen molar-refractivity contribution in [1.82, 2.24) is 0 Å². The van der Waals surface area contributed by atoms with Crippen LogP contribution in [0.25, 0.3) is 0 Å². The molecule has 0 aromatic rings. The topological polar surface area (TPSA) is 87.0 Å². The van der Waals surface area contributed by atoms with E-state index in [-0.39, 0.29) is 13.2 Å². The number of aliphatic hydroxyl groups excluding tert-OH is 2. The minimum atomic E-state index is -0.690. The van der Waals surface area contributed by atoms with E-state index in [1.54, 1.807) is 0 Å². The van der Waals surface area contributed by atoms with Crippen molar-refractivity contribution in [2.75, 3.05) is 13.2 Å². The van der Waals surface area contributed by atoms with Crippen LogP contribution in [-0.4, -0.2) is 34.7 Å². The van der Waals surface area contributed by atoms with Crippen molar-refractivity contribution >= 4 is 5.97 Å². The highest BCUT2D eigenvalue weighted by atomic mass is 17.1. The molecule has 0 aliphatic heterocycles. The molecule has 0 radical (unpaired) electrons. The summed E-state index contributed by atoms with van der Waals surface area (Å²) < 4.78 is 0. The predicted molar refractivity (Wildman–Crippen MR) is 28.6 cm³/mol. The van der Waals surface area contributed by atoms with E-state index in [9.17, 15) is 4.79 Å². The third-order valence-corrected chi connectivity index (χ3v) is 0.229.